The number of allylic oxidation sites excluding steroid dienone is 1. The number of anilines is 1. The van der Waals surface area contributed by atoms with Crippen LogP contribution in [0.2, 0.25) is 0 Å². The first kappa shape index (κ1) is 16.4. The summed E-state index contributed by atoms with van der Waals surface area (Å²) in [6, 6.07) is 4.73. The molecule has 2 nitrogen and oxygen atoms in total. The number of phenolic OH excluding ortho intramolecular Hbond substituents is 1. The molecule has 0 radical (unpaired) electrons. The van der Waals surface area contributed by atoms with Crippen LogP contribution in [0.5, 0.6) is 5.75 Å². The van der Waals surface area contributed by atoms with Gasteiger partial charge in [0.1, 0.15) is 5.75 Å². The molecule has 1 aliphatic heterocycles. The SMILES string of the molecule is C=C(C)C1CCC(C)C2Nc3cc(CCCCC)cc(O)c3C12. The average Bonchev–Trinajstić information content (AvgIpc) is 2.88. The molecule has 1 heterocycles. The predicted molar refractivity (Wildman–Crippen MR) is 98.2 cm³/mol. The highest BCUT2D eigenvalue weighted by molar-refractivity contribution is 5.67. The topological polar surface area (TPSA) is 32.3 Å². The smallest absolute Gasteiger partial charge is 0.121 e. The van der Waals surface area contributed by atoms with Crippen molar-refractivity contribution in [2.45, 2.75) is 71.3 Å². The molecule has 0 amide bonds. The maximum Gasteiger partial charge on any atom is 0.121 e. The minimum atomic E-state index is 0.385. The van der Waals surface area contributed by atoms with E-state index in [1.165, 1.54) is 48.9 Å². The summed E-state index contributed by atoms with van der Waals surface area (Å²) in [4.78, 5) is 0. The van der Waals surface area contributed by atoms with Gasteiger partial charge in [0, 0.05) is 23.2 Å². The van der Waals surface area contributed by atoms with Crippen molar-refractivity contribution in [1.82, 2.24) is 0 Å². The summed E-state index contributed by atoms with van der Waals surface area (Å²) in [5.74, 6) is 2.01. The maximum atomic E-state index is 10.7. The minimum absolute atomic E-state index is 0.385. The van der Waals surface area contributed by atoms with Crippen LogP contribution in [-0.2, 0) is 6.42 Å². The summed E-state index contributed by atoms with van der Waals surface area (Å²) in [7, 11) is 0. The van der Waals surface area contributed by atoms with Gasteiger partial charge in [0.2, 0.25) is 0 Å². The Labute approximate surface area is 141 Å². The zero-order chi connectivity index (χ0) is 16.6. The van der Waals surface area contributed by atoms with E-state index in [0.717, 1.165) is 12.0 Å². The van der Waals surface area contributed by atoms with E-state index < -0.39 is 0 Å². The van der Waals surface area contributed by atoms with Gasteiger partial charge in [0.15, 0.2) is 0 Å². The van der Waals surface area contributed by atoms with E-state index in [4.69, 9.17) is 0 Å². The van der Waals surface area contributed by atoms with E-state index in [2.05, 4.69) is 38.7 Å². The molecule has 126 valence electrons. The standard InChI is InChI=1S/C21H31NO/c1-5-6-7-8-15-11-17-20(18(23)12-15)19-16(13(2)3)10-9-14(4)21(19)22-17/h11-12,14,16,19,21-23H,2,5-10H2,1,3-4H3. The van der Waals surface area contributed by atoms with Crippen LogP contribution < -0.4 is 5.32 Å². The van der Waals surface area contributed by atoms with Crippen molar-refractivity contribution in [3.05, 3.63) is 35.4 Å². The van der Waals surface area contributed by atoms with Crippen molar-refractivity contribution in [2.75, 3.05) is 5.32 Å². The lowest BCUT2D eigenvalue weighted by Gasteiger charge is -2.38. The fraction of sp³-hybridized carbons (Fsp3) is 0.619. The zero-order valence-electron chi connectivity index (χ0n) is 14.9. The molecule has 2 aliphatic rings. The Morgan fingerprint density at radius 3 is 2.78 bits per heavy atom. The van der Waals surface area contributed by atoms with Gasteiger partial charge in [-0.25, -0.2) is 0 Å². The van der Waals surface area contributed by atoms with Crippen molar-refractivity contribution < 1.29 is 5.11 Å². The van der Waals surface area contributed by atoms with Gasteiger partial charge in [0.25, 0.3) is 0 Å². The molecule has 1 aromatic rings. The van der Waals surface area contributed by atoms with E-state index >= 15 is 0 Å². The highest BCUT2D eigenvalue weighted by Gasteiger charge is 2.45. The molecule has 2 N–H and O–H groups in total. The average molecular weight is 313 g/mol. The summed E-state index contributed by atoms with van der Waals surface area (Å²) in [5, 5.41) is 14.5. The first-order valence-corrected chi connectivity index (χ1v) is 9.30. The molecule has 23 heavy (non-hydrogen) atoms. The number of benzene rings is 1. The number of unbranched alkanes of at least 4 members (excludes halogenated alkanes) is 2. The number of aryl methyl sites for hydroxylation is 1. The molecule has 4 atom stereocenters. The zero-order valence-corrected chi connectivity index (χ0v) is 14.9. The van der Waals surface area contributed by atoms with Gasteiger partial charge in [0.05, 0.1) is 0 Å². The van der Waals surface area contributed by atoms with Crippen LogP contribution in [0.15, 0.2) is 24.3 Å². The largest absolute Gasteiger partial charge is 0.508 e. The van der Waals surface area contributed by atoms with Crippen molar-refractivity contribution in [3.8, 4) is 5.75 Å². The third-order valence-electron chi connectivity index (χ3n) is 5.94. The van der Waals surface area contributed by atoms with Gasteiger partial charge in [-0.15, -0.1) is 0 Å². The van der Waals surface area contributed by atoms with Gasteiger partial charge in [-0.2, -0.15) is 0 Å². The van der Waals surface area contributed by atoms with Gasteiger partial charge >= 0.3 is 0 Å². The third-order valence-corrected chi connectivity index (χ3v) is 5.94. The summed E-state index contributed by atoms with van der Waals surface area (Å²) in [5.41, 5.74) is 4.84. The second kappa shape index (κ2) is 6.59. The summed E-state index contributed by atoms with van der Waals surface area (Å²) >= 11 is 0. The molecule has 1 saturated carbocycles. The van der Waals surface area contributed by atoms with Crippen LogP contribution in [-0.4, -0.2) is 11.1 Å². The number of hydrogen-bond donors (Lipinski definition) is 2. The normalized spacial score (nSPS) is 28.8. The first-order chi connectivity index (χ1) is 11.0. The van der Waals surface area contributed by atoms with Crippen molar-refractivity contribution in [1.29, 1.82) is 0 Å². The molecule has 0 saturated heterocycles. The minimum Gasteiger partial charge on any atom is -0.508 e. The van der Waals surface area contributed by atoms with Crippen LogP contribution in [0.1, 0.15) is 69.9 Å². The molecular formula is C21H31NO. The number of rotatable bonds is 5. The van der Waals surface area contributed by atoms with Crippen molar-refractivity contribution in [2.24, 2.45) is 11.8 Å². The molecule has 1 fully saturated rings. The highest BCUT2D eigenvalue weighted by Crippen LogP contribution is 2.53. The van der Waals surface area contributed by atoms with Crippen LogP contribution in [0, 0.1) is 11.8 Å². The Bertz CT molecular complexity index is 592. The van der Waals surface area contributed by atoms with Gasteiger partial charge in [-0.1, -0.05) is 38.8 Å². The van der Waals surface area contributed by atoms with Gasteiger partial charge in [-0.3, -0.25) is 0 Å². The Morgan fingerprint density at radius 2 is 2.09 bits per heavy atom. The first-order valence-electron chi connectivity index (χ1n) is 9.30. The lowest BCUT2D eigenvalue weighted by molar-refractivity contribution is 0.258. The number of fused-ring (bicyclic) bond motifs is 3. The molecule has 2 heteroatoms. The lowest BCUT2D eigenvalue weighted by atomic mass is 9.67. The van der Waals surface area contributed by atoms with E-state index in [0.29, 0.717) is 29.5 Å². The second-order valence-electron chi connectivity index (χ2n) is 7.74. The summed E-state index contributed by atoms with van der Waals surface area (Å²) in [6.07, 6.45) is 7.18. The molecule has 1 aromatic carbocycles. The Kier molecular flexibility index (Phi) is 4.70. The molecular weight excluding hydrogens is 282 g/mol. The Balaban J connectivity index is 1.92. The lowest BCUT2D eigenvalue weighted by Crippen LogP contribution is -2.37. The van der Waals surface area contributed by atoms with E-state index in [9.17, 15) is 5.11 Å². The van der Waals surface area contributed by atoms with E-state index in [1.807, 2.05) is 6.07 Å². The maximum absolute atomic E-state index is 10.7. The predicted octanol–water partition coefficient (Wildman–Crippen LogP) is 5.62. The number of phenols is 1. The Morgan fingerprint density at radius 1 is 1.30 bits per heavy atom. The fourth-order valence-electron chi connectivity index (χ4n) is 4.64. The fourth-order valence-corrected chi connectivity index (χ4v) is 4.64. The summed E-state index contributed by atoms with van der Waals surface area (Å²) < 4.78 is 0. The molecule has 1 aliphatic carbocycles. The molecule has 3 rings (SSSR count). The van der Waals surface area contributed by atoms with Crippen LogP contribution in [0.3, 0.4) is 0 Å². The second-order valence-corrected chi connectivity index (χ2v) is 7.74. The monoisotopic (exact) mass is 313 g/mol. The van der Waals surface area contributed by atoms with E-state index in [-0.39, 0.29) is 0 Å². The third kappa shape index (κ3) is 3.00. The van der Waals surface area contributed by atoms with Gasteiger partial charge in [-0.05, 0) is 62.1 Å². The highest BCUT2D eigenvalue weighted by atomic mass is 16.3. The number of nitrogens with one attached hydrogen (secondary N) is 1. The number of hydrogen-bond acceptors (Lipinski definition) is 2. The summed E-state index contributed by atoms with van der Waals surface area (Å²) in [6.45, 7) is 10.9. The Hall–Kier alpha value is -1.44. The van der Waals surface area contributed by atoms with Gasteiger partial charge < -0.3 is 10.4 Å². The quantitative estimate of drug-likeness (QED) is 0.546. The van der Waals surface area contributed by atoms with Crippen LogP contribution in [0.4, 0.5) is 5.69 Å². The molecule has 4 unspecified atom stereocenters. The van der Waals surface area contributed by atoms with E-state index in [1.54, 1.807) is 0 Å². The van der Waals surface area contributed by atoms with Crippen LogP contribution >= 0.6 is 0 Å². The molecule has 0 bridgehead atoms. The molecule has 0 spiro atoms. The van der Waals surface area contributed by atoms with Crippen molar-refractivity contribution >= 4 is 5.69 Å². The molecule has 0 aromatic heterocycles. The van der Waals surface area contributed by atoms with Crippen LogP contribution in [0.25, 0.3) is 0 Å². The van der Waals surface area contributed by atoms with Crippen molar-refractivity contribution in [3.63, 3.8) is 0 Å². The number of aromatic hydroxyl groups is 1.